The van der Waals surface area contributed by atoms with Crippen LogP contribution in [0.1, 0.15) is 30.6 Å². The number of hydrogen-bond acceptors (Lipinski definition) is 2. The van der Waals surface area contributed by atoms with E-state index in [4.69, 9.17) is 0 Å². The number of carbonyl (C=O) groups is 1. The van der Waals surface area contributed by atoms with Gasteiger partial charge in [0.2, 0.25) is 0 Å². The van der Waals surface area contributed by atoms with Gasteiger partial charge in [-0.05, 0) is 24.0 Å². The lowest BCUT2D eigenvalue weighted by atomic mass is 9.90. The van der Waals surface area contributed by atoms with Crippen LogP contribution in [-0.4, -0.2) is 22.8 Å². The first kappa shape index (κ1) is 13.2. The van der Waals surface area contributed by atoms with E-state index >= 15 is 0 Å². The van der Waals surface area contributed by atoms with Crippen LogP contribution in [0.2, 0.25) is 0 Å². The molecule has 0 fully saturated rings. The number of rotatable bonds is 5. The van der Waals surface area contributed by atoms with Gasteiger partial charge in [0.25, 0.3) is 5.91 Å². The average Bonchev–Trinajstić information content (AvgIpc) is 2.27. The molecule has 0 saturated carbocycles. The first-order valence-electron chi connectivity index (χ1n) is 5.29. The number of amides is 1. The summed E-state index contributed by atoms with van der Waals surface area (Å²) in [5, 5.41) is 3.89. The Hall–Kier alpha value is -0.900. The van der Waals surface area contributed by atoms with Crippen molar-refractivity contribution >= 4 is 21.8 Å². The zero-order chi connectivity index (χ0) is 12.0. The highest BCUT2D eigenvalue weighted by molar-refractivity contribution is 9.09. The van der Waals surface area contributed by atoms with E-state index in [1.54, 1.807) is 24.5 Å². The third kappa shape index (κ3) is 4.31. The van der Waals surface area contributed by atoms with Crippen LogP contribution in [0.15, 0.2) is 24.5 Å². The minimum Gasteiger partial charge on any atom is -0.352 e. The van der Waals surface area contributed by atoms with E-state index in [1.807, 2.05) is 0 Å². The number of alkyl halides is 1. The molecule has 1 N–H and O–H groups in total. The summed E-state index contributed by atoms with van der Waals surface area (Å²) in [6, 6.07) is 3.43. The molecule has 4 heteroatoms. The molecule has 0 aromatic carbocycles. The number of pyridine rings is 1. The van der Waals surface area contributed by atoms with Crippen molar-refractivity contribution in [2.45, 2.75) is 20.3 Å². The number of halogens is 1. The van der Waals surface area contributed by atoms with Crippen molar-refractivity contribution in [2.75, 3.05) is 11.9 Å². The number of nitrogens with one attached hydrogen (secondary N) is 1. The van der Waals surface area contributed by atoms with Crippen molar-refractivity contribution in [3.8, 4) is 0 Å². The number of aromatic nitrogens is 1. The molecule has 0 aliphatic rings. The van der Waals surface area contributed by atoms with Crippen molar-refractivity contribution in [3.05, 3.63) is 30.1 Å². The van der Waals surface area contributed by atoms with Gasteiger partial charge < -0.3 is 5.32 Å². The number of nitrogens with zero attached hydrogens (tertiary/aromatic N) is 1. The first-order chi connectivity index (χ1) is 7.55. The van der Waals surface area contributed by atoms with Crippen molar-refractivity contribution < 1.29 is 4.79 Å². The van der Waals surface area contributed by atoms with Crippen LogP contribution in [0.5, 0.6) is 0 Å². The predicted octanol–water partition coefficient (Wildman–Crippen LogP) is 2.62. The minimum absolute atomic E-state index is 0.0370. The summed E-state index contributed by atoms with van der Waals surface area (Å²) in [5.41, 5.74) is 0.774. The van der Waals surface area contributed by atoms with E-state index < -0.39 is 0 Å². The molecule has 0 aliphatic carbocycles. The van der Waals surface area contributed by atoms with Crippen molar-refractivity contribution in [2.24, 2.45) is 5.41 Å². The van der Waals surface area contributed by atoms with Crippen LogP contribution < -0.4 is 5.32 Å². The summed E-state index contributed by atoms with van der Waals surface area (Å²) in [6.07, 6.45) is 4.28. The minimum atomic E-state index is -0.0370. The van der Waals surface area contributed by atoms with Gasteiger partial charge in [0.1, 0.15) is 0 Å². The molecular formula is C12H17BrN2O. The molecule has 0 aliphatic heterocycles. The fraction of sp³-hybridized carbons (Fsp3) is 0.500. The van der Waals surface area contributed by atoms with Crippen LogP contribution >= 0.6 is 15.9 Å². The molecule has 0 spiro atoms. The Morgan fingerprint density at radius 1 is 1.44 bits per heavy atom. The summed E-state index contributed by atoms with van der Waals surface area (Å²) in [7, 11) is 0. The molecule has 88 valence electrons. The van der Waals surface area contributed by atoms with Gasteiger partial charge in [-0.25, -0.2) is 0 Å². The maximum atomic E-state index is 11.7. The van der Waals surface area contributed by atoms with Gasteiger partial charge in [-0.15, -0.1) is 0 Å². The highest BCUT2D eigenvalue weighted by Crippen LogP contribution is 2.20. The zero-order valence-corrected chi connectivity index (χ0v) is 11.3. The fourth-order valence-electron chi connectivity index (χ4n) is 1.27. The van der Waals surface area contributed by atoms with Gasteiger partial charge in [-0.1, -0.05) is 29.8 Å². The third-order valence-corrected chi connectivity index (χ3v) is 2.84. The molecule has 0 unspecified atom stereocenters. The summed E-state index contributed by atoms with van der Waals surface area (Å²) in [5.74, 6) is -0.0370. The van der Waals surface area contributed by atoms with E-state index in [0.717, 1.165) is 11.8 Å². The summed E-state index contributed by atoms with van der Waals surface area (Å²) in [6.45, 7) is 4.96. The number of carbonyl (C=O) groups excluding carboxylic acids is 1. The van der Waals surface area contributed by atoms with Gasteiger partial charge in [-0.3, -0.25) is 9.78 Å². The average molecular weight is 285 g/mol. The van der Waals surface area contributed by atoms with E-state index in [0.29, 0.717) is 12.1 Å². The van der Waals surface area contributed by atoms with E-state index in [1.165, 1.54) is 0 Å². The summed E-state index contributed by atoms with van der Waals surface area (Å²) < 4.78 is 0. The molecule has 0 bridgehead atoms. The quantitative estimate of drug-likeness (QED) is 0.845. The van der Waals surface area contributed by atoms with Gasteiger partial charge >= 0.3 is 0 Å². The molecule has 1 aromatic rings. The van der Waals surface area contributed by atoms with E-state index in [-0.39, 0.29) is 11.3 Å². The molecule has 1 heterocycles. The lowest BCUT2D eigenvalue weighted by Crippen LogP contribution is -2.34. The maximum absolute atomic E-state index is 11.7. The second kappa shape index (κ2) is 5.99. The van der Waals surface area contributed by atoms with Crippen molar-refractivity contribution in [1.82, 2.24) is 10.3 Å². The third-order valence-electron chi connectivity index (χ3n) is 2.44. The molecule has 0 radical (unpaired) electrons. The highest BCUT2D eigenvalue weighted by Gasteiger charge is 2.18. The summed E-state index contributed by atoms with van der Waals surface area (Å²) in [4.78, 5) is 15.6. The van der Waals surface area contributed by atoms with Gasteiger partial charge in [-0.2, -0.15) is 0 Å². The monoisotopic (exact) mass is 284 g/mol. The number of hydrogen-bond donors (Lipinski definition) is 1. The second-order valence-electron chi connectivity index (χ2n) is 4.52. The SMILES string of the molecule is CC(C)(CCBr)CNC(=O)c1ccncc1. The Morgan fingerprint density at radius 2 is 2.06 bits per heavy atom. The van der Waals surface area contributed by atoms with Crippen molar-refractivity contribution in [3.63, 3.8) is 0 Å². The van der Waals surface area contributed by atoms with Crippen LogP contribution in [-0.2, 0) is 0 Å². The standard InChI is InChI=1S/C12H17BrN2O/c1-12(2,5-6-13)9-15-11(16)10-3-7-14-8-4-10/h3-4,7-8H,5-6,9H2,1-2H3,(H,15,16). The van der Waals surface area contributed by atoms with Gasteiger partial charge in [0.15, 0.2) is 0 Å². The van der Waals surface area contributed by atoms with Gasteiger partial charge in [0.05, 0.1) is 0 Å². The molecule has 16 heavy (non-hydrogen) atoms. The normalized spacial score (nSPS) is 11.2. The lowest BCUT2D eigenvalue weighted by molar-refractivity contribution is 0.0936. The topological polar surface area (TPSA) is 42.0 Å². The Labute approximate surface area is 105 Å². The molecular weight excluding hydrogens is 268 g/mol. The van der Waals surface area contributed by atoms with Crippen molar-refractivity contribution in [1.29, 1.82) is 0 Å². The predicted molar refractivity (Wildman–Crippen MR) is 68.8 cm³/mol. The van der Waals surface area contributed by atoms with Crippen LogP contribution in [0.3, 0.4) is 0 Å². The molecule has 1 aromatic heterocycles. The molecule has 3 nitrogen and oxygen atoms in total. The van der Waals surface area contributed by atoms with Crippen LogP contribution in [0, 0.1) is 5.41 Å². The summed E-state index contributed by atoms with van der Waals surface area (Å²) >= 11 is 3.42. The molecule has 1 amide bonds. The largest absolute Gasteiger partial charge is 0.352 e. The Kier molecular flexibility index (Phi) is 4.93. The van der Waals surface area contributed by atoms with Crippen LogP contribution in [0.4, 0.5) is 0 Å². The van der Waals surface area contributed by atoms with E-state index in [9.17, 15) is 4.79 Å². The first-order valence-corrected chi connectivity index (χ1v) is 6.41. The second-order valence-corrected chi connectivity index (χ2v) is 5.31. The maximum Gasteiger partial charge on any atom is 0.251 e. The smallest absolute Gasteiger partial charge is 0.251 e. The van der Waals surface area contributed by atoms with Crippen LogP contribution in [0.25, 0.3) is 0 Å². The van der Waals surface area contributed by atoms with Gasteiger partial charge in [0, 0.05) is 29.8 Å². The molecule has 0 atom stereocenters. The fourth-order valence-corrected chi connectivity index (χ4v) is 2.34. The van der Waals surface area contributed by atoms with E-state index in [2.05, 4.69) is 40.1 Å². The molecule has 1 rings (SSSR count). The Balaban J connectivity index is 2.48. The molecule has 0 saturated heterocycles. The Bertz CT molecular complexity index is 338. The lowest BCUT2D eigenvalue weighted by Gasteiger charge is -2.23. The highest BCUT2D eigenvalue weighted by atomic mass is 79.9. The Morgan fingerprint density at radius 3 is 2.62 bits per heavy atom. The zero-order valence-electron chi connectivity index (χ0n) is 9.66.